The van der Waals surface area contributed by atoms with Gasteiger partial charge in [0.25, 0.3) is 0 Å². The predicted molar refractivity (Wildman–Crippen MR) is 60.2 cm³/mol. The van der Waals surface area contributed by atoms with Crippen molar-refractivity contribution in [2.45, 2.75) is 26.8 Å². The molecule has 1 aromatic heterocycles. The first-order valence-corrected chi connectivity index (χ1v) is 5.79. The van der Waals surface area contributed by atoms with Gasteiger partial charge in [0.2, 0.25) is 5.91 Å². The normalized spacial score (nSPS) is 10.6. The molecule has 0 radical (unpaired) electrons. The molecule has 0 saturated carbocycles. The molecule has 3 heteroatoms. The van der Waals surface area contributed by atoms with Gasteiger partial charge in [0, 0.05) is 20.0 Å². The highest BCUT2D eigenvalue weighted by atomic mass is 32.1. The Morgan fingerprint density at radius 3 is 2.79 bits per heavy atom. The predicted octanol–water partition coefficient (Wildman–Crippen LogP) is 2.75. The zero-order valence-corrected chi connectivity index (χ0v) is 9.80. The van der Waals surface area contributed by atoms with Crippen LogP contribution in [0.4, 0.5) is 0 Å². The van der Waals surface area contributed by atoms with Crippen molar-refractivity contribution in [2.24, 2.45) is 5.92 Å². The highest BCUT2D eigenvalue weighted by Gasteiger charge is 2.10. The Labute approximate surface area is 89.5 Å². The van der Waals surface area contributed by atoms with Crippen LogP contribution < -0.4 is 0 Å². The largest absolute Gasteiger partial charge is 0.341 e. The fourth-order valence-corrected chi connectivity index (χ4v) is 1.91. The summed E-state index contributed by atoms with van der Waals surface area (Å²) in [5.74, 6) is 0.665. The molecule has 0 atom stereocenters. The number of nitrogens with zero attached hydrogens (tertiary/aromatic N) is 1. The van der Waals surface area contributed by atoms with E-state index >= 15 is 0 Å². The van der Waals surface area contributed by atoms with Crippen LogP contribution in [0.1, 0.15) is 25.8 Å². The number of hydrogen-bond donors (Lipinski definition) is 0. The highest BCUT2D eigenvalue weighted by Crippen LogP contribution is 2.10. The van der Waals surface area contributed by atoms with E-state index in [1.165, 1.54) is 5.56 Å². The van der Waals surface area contributed by atoms with E-state index in [1.807, 2.05) is 12.4 Å². The van der Waals surface area contributed by atoms with Crippen LogP contribution >= 0.6 is 11.3 Å². The Morgan fingerprint density at radius 2 is 2.29 bits per heavy atom. The van der Waals surface area contributed by atoms with Crippen LogP contribution in [-0.4, -0.2) is 17.9 Å². The number of thiophene rings is 1. The van der Waals surface area contributed by atoms with E-state index in [-0.39, 0.29) is 5.91 Å². The van der Waals surface area contributed by atoms with Gasteiger partial charge in [-0.05, 0) is 28.3 Å². The summed E-state index contributed by atoms with van der Waals surface area (Å²) in [5.41, 5.74) is 1.22. The van der Waals surface area contributed by atoms with Crippen molar-refractivity contribution in [3.63, 3.8) is 0 Å². The van der Waals surface area contributed by atoms with Crippen molar-refractivity contribution in [1.29, 1.82) is 0 Å². The van der Waals surface area contributed by atoms with Gasteiger partial charge in [-0.25, -0.2) is 0 Å². The molecular formula is C11H17NOS. The highest BCUT2D eigenvalue weighted by molar-refractivity contribution is 7.07. The molecule has 0 spiro atoms. The maximum Gasteiger partial charge on any atom is 0.222 e. The maximum absolute atomic E-state index is 11.6. The summed E-state index contributed by atoms with van der Waals surface area (Å²) in [6.07, 6.45) is 0.640. The van der Waals surface area contributed by atoms with Crippen LogP contribution in [0, 0.1) is 5.92 Å². The van der Waals surface area contributed by atoms with Gasteiger partial charge in [-0.15, -0.1) is 0 Å². The Kier molecular flexibility index (Phi) is 4.14. The minimum Gasteiger partial charge on any atom is -0.341 e. The third-order valence-electron chi connectivity index (χ3n) is 2.01. The zero-order chi connectivity index (χ0) is 10.6. The Balaban J connectivity index is 2.42. The molecule has 0 fully saturated rings. The SMILES string of the molecule is CC(C)CC(=O)N(C)Cc1ccsc1. The Morgan fingerprint density at radius 1 is 1.57 bits per heavy atom. The molecule has 2 nitrogen and oxygen atoms in total. The Bertz CT molecular complexity index is 279. The monoisotopic (exact) mass is 211 g/mol. The first-order chi connectivity index (χ1) is 6.59. The fraction of sp³-hybridized carbons (Fsp3) is 0.545. The second-order valence-electron chi connectivity index (χ2n) is 3.98. The lowest BCUT2D eigenvalue weighted by Crippen LogP contribution is -2.26. The van der Waals surface area contributed by atoms with Crippen molar-refractivity contribution in [3.8, 4) is 0 Å². The van der Waals surface area contributed by atoms with Gasteiger partial charge in [-0.1, -0.05) is 13.8 Å². The number of amides is 1. The van der Waals surface area contributed by atoms with Gasteiger partial charge in [0.15, 0.2) is 0 Å². The summed E-state index contributed by atoms with van der Waals surface area (Å²) < 4.78 is 0. The van der Waals surface area contributed by atoms with Crippen molar-refractivity contribution in [2.75, 3.05) is 7.05 Å². The van der Waals surface area contributed by atoms with E-state index in [0.29, 0.717) is 12.3 Å². The molecule has 1 heterocycles. The topological polar surface area (TPSA) is 20.3 Å². The van der Waals surface area contributed by atoms with Gasteiger partial charge in [0.05, 0.1) is 0 Å². The van der Waals surface area contributed by atoms with Crippen LogP contribution in [0.3, 0.4) is 0 Å². The van der Waals surface area contributed by atoms with Gasteiger partial charge in [-0.3, -0.25) is 4.79 Å². The lowest BCUT2D eigenvalue weighted by atomic mass is 10.1. The summed E-state index contributed by atoms with van der Waals surface area (Å²) >= 11 is 1.67. The van der Waals surface area contributed by atoms with Crippen LogP contribution in [-0.2, 0) is 11.3 Å². The van der Waals surface area contributed by atoms with E-state index in [4.69, 9.17) is 0 Å². The number of rotatable bonds is 4. The maximum atomic E-state index is 11.6. The standard InChI is InChI=1S/C11H17NOS/c1-9(2)6-11(13)12(3)7-10-4-5-14-8-10/h4-5,8-9H,6-7H2,1-3H3. The van der Waals surface area contributed by atoms with Crippen LogP contribution in [0.2, 0.25) is 0 Å². The van der Waals surface area contributed by atoms with Crippen molar-refractivity contribution < 1.29 is 4.79 Å². The second kappa shape index (κ2) is 5.15. The minimum atomic E-state index is 0.228. The van der Waals surface area contributed by atoms with Crippen LogP contribution in [0.5, 0.6) is 0 Å². The summed E-state index contributed by atoms with van der Waals surface area (Å²) in [5, 5.41) is 4.12. The molecule has 0 saturated heterocycles. The van der Waals surface area contributed by atoms with E-state index in [9.17, 15) is 4.79 Å². The molecule has 1 amide bonds. The molecule has 0 aliphatic rings. The van der Waals surface area contributed by atoms with E-state index < -0.39 is 0 Å². The summed E-state index contributed by atoms with van der Waals surface area (Å²) in [6, 6.07) is 2.06. The van der Waals surface area contributed by atoms with Gasteiger partial charge < -0.3 is 4.90 Å². The molecule has 14 heavy (non-hydrogen) atoms. The molecule has 1 rings (SSSR count). The minimum absolute atomic E-state index is 0.228. The Hall–Kier alpha value is -0.830. The first kappa shape index (κ1) is 11.2. The fourth-order valence-electron chi connectivity index (χ4n) is 1.25. The van der Waals surface area contributed by atoms with Crippen LogP contribution in [0.15, 0.2) is 16.8 Å². The van der Waals surface area contributed by atoms with Gasteiger partial charge in [-0.2, -0.15) is 11.3 Å². The first-order valence-electron chi connectivity index (χ1n) is 4.84. The van der Waals surface area contributed by atoms with E-state index in [1.54, 1.807) is 16.2 Å². The number of carbonyl (C=O) groups is 1. The van der Waals surface area contributed by atoms with Crippen molar-refractivity contribution >= 4 is 17.2 Å². The average molecular weight is 211 g/mol. The third kappa shape index (κ3) is 3.50. The van der Waals surface area contributed by atoms with E-state index in [2.05, 4.69) is 25.3 Å². The molecule has 0 bridgehead atoms. The smallest absolute Gasteiger partial charge is 0.222 e. The molecular weight excluding hydrogens is 194 g/mol. The molecule has 1 aromatic rings. The second-order valence-corrected chi connectivity index (χ2v) is 4.76. The van der Waals surface area contributed by atoms with E-state index in [0.717, 1.165) is 6.54 Å². The third-order valence-corrected chi connectivity index (χ3v) is 2.74. The molecule has 0 aromatic carbocycles. The summed E-state index contributed by atoms with van der Waals surface area (Å²) in [6.45, 7) is 4.86. The quantitative estimate of drug-likeness (QED) is 0.750. The molecule has 0 aliphatic carbocycles. The molecule has 0 N–H and O–H groups in total. The van der Waals surface area contributed by atoms with Crippen LogP contribution in [0.25, 0.3) is 0 Å². The molecule has 0 aliphatic heterocycles. The number of carbonyl (C=O) groups excluding carboxylic acids is 1. The zero-order valence-electron chi connectivity index (χ0n) is 8.99. The lowest BCUT2D eigenvalue weighted by Gasteiger charge is -2.17. The molecule has 78 valence electrons. The van der Waals surface area contributed by atoms with Crippen molar-refractivity contribution in [1.82, 2.24) is 4.90 Å². The molecule has 0 unspecified atom stereocenters. The summed E-state index contributed by atoms with van der Waals surface area (Å²) in [4.78, 5) is 13.4. The van der Waals surface area contributed by atoms with Gasteiger partial charge in [0.1, 0.15) is 0 Å². The lowest BCUT2D eigenvalue weighted by molar-refractivity contribution is -0.131. The number of hydrogen-bond acceptors (Lipinski definition) is 2. The summed E-state index contributed by atoms with van der Waals surface area (Å²) in [7, 11) is 1.86. The average Bonchev–Trinajstić information content (AvgIpc) is 2.55. The van der Waals surface area contributed by atoms with Gasteiger partial charge >= 0.3 is 0 Å². The van der Waals surface area contributed by atoms with Crippen molar-refractivity contribution in [3.05, 3.63) is 22.4 Å².